The zero-order valence-electron chi connectivity index (χ0n) is 15.2. The van der Waals surface area contributed by atoms with Crippen LogP contribution >= 0.6 is 0 Å². The maximum atomic E-state index is 12.3. The van der Waals surface area contributed by atoms with E-state index in [2.05, 4.69) is 29.4 Å². The second kappa shape index (κ2) is 8.67. The SMILES string of the molecule is CN[C@@H](C)CC=Cc1cncc(O[C@H]2CCN(C(=O)c3ccco3)C2)c1. The molecular formula is C20H25N3O3. The van der Waals surface area contributed by atoms with Crippen molar-refractivity contribution >= 4 is 12.0 Å². The fourth-order valence-corrected chi connectivity index (χ4v) is 2.87. The number of carbonyl (C=O) groups is 1. The Hall–Kier alpha value is -2.60. The third-order valence-electron chi connectivity index (χ3n) is 4.49. The van der Waals surface area contributed by atoms with Gasteiger partial charge in [-0.3, -0.25) is 9.78 Å². The summed E-state index contributed by atoms with van der Waals surface area (Å²) in [4.78, 5) is 18.3. The molecule has 1 aliphatic heterocycles. The first-order valence-electron chi connectivity index (χ1n) is 8.94. The molecule has 2 aromatic rings. The maximum Gasteiger partial charge on any atom is 0.289 e. The predicted octanol–water partition coefficient (Wildman–Crippen LogP) is 2.98. The van der Waals surface area contributed by atoms with Crippen molar-refractivity contribution in [3.63, 3.8) is 0 Å². The lowest BCUT2D eigenvalue weighted by Crippen LogP contribution is -2.30. The van der Waals surface area contributed by atoms with Crippen LogP contribution in [0.25, 0.3) is 6.08 Å². The Balaban J connectivity index is 1.55. The Labute approximate surface area is 153 Å². The smallest absolute Gasteiger partial charge is 0.289 e. The molecule has 6 nitrogen and oxygen atoms in total. The summed E-state index contributed by atoms with van der Waals surface area (Å²) in [7, 11) is 1.95. The monoisotopic (exact) mass is 355 g/mol. The highest BCUT2D eigenvalue weighted by molar-refractivity contribution is 5.91. The molecular weight excluding hydrogens is 330 g/mol. The number of aromatic nitrogens is 1. The Morgan fingerprint density at radius 2 is 2.42 bits per heavy atom. The van der Waals surface area contributed by atoms with Crippen molar-refractivity contribution in [1.82, 2.24) is 15.2 Å². The van der Waals surface area contributed by atoms with E-state index in [0.29, 0.717) is 24.9 Å². The van der Waals surface area contributed by atoms with Crippen LogP contribution in [0.5, 0.6) is 5.75 Å². The zero-order valence-corrected chi connectivity index (χ0v) is 15.2. The number of pyridine rings is 1. The van der Waals surface area contributed by atoms with Crippen LogP contribution in [0.1, 0.15) is 35.9 Å². The standard InChI is InChI=1S/C20H25N3O3/c1-15(21-2)5-3-6-16-11-18(13-22-12-16)26-17-8-9-23(14-17)20(24)19-7-4-10-25-19/h3-4,6-7,10-13,15,17,21H,5,8-9,14H2,1-2H3/t15-,17-/m0/s1. The fraction of sp³-hybridized carbons (Fsp3) is 0.400. The molecule has 2 aromatic heterocycles. The van der Waals surface area contributed by atoms with Crippen molar-refractivity contribution < 1.29 is 13.9 Å². The van der Waals surface area contributed by atoms with E-state index in [1.54, 1.807) is 23.2 Å². The van der Waals surface area contributed by atoms with Crippen molar-refractivity contribution in [2.24, 2.45) is 0 Å². The molecule has 1 amide bonds. The van der Waals surface area contributed by atoms with Crippen molar-refractivity contribution in [2.45, 2.75) is 31.9 Å². The molecule has 138 valence electrons. The van der Waals surface area contributed by atoms with Crippen molar-refractivity contribution in [3.8, 4) is 5.75 Å². The summed E-state index contributed by atoms with van der Waals surface area (Å²) in [5.41, 5.74) is 1.01. The number of ether oxygens (including phenoxy) is 1. The highest BCUT2D eigenvalue weighted by atomic mass is 16.5. The predicted molar refractivity (Wildman–Crippen MR) is 100 cm³/mol. The van der Waals surface area contributed by atoms with Crippen molar-refractivity contribution in [2.75, 3.05) is 20.1 Å². The highest BCUT2D eigenvalue weighted by Gasteiger charge is 2.29. The molecule has 1 N–H and O–H groups in total. The Morgan fingerprint density at radius 1 is 1.54 bits per heavy atom. The van der Waals surface area contributed by atoms with Gasteiger partial charge in [0.05, 0.1) is 19.0 Å². The third kappa shape index (κ3) is 4.73. The quantitative estimate of drug-likeness (QED) is 0.827. The second-order valence-electron chi connectivity index (χ2n) is 6.54. The number of nitrogens with one attached hydrogen (secondary N) is 1. The minimum Gasteiger partial charge on any atom is -0.487 e. The number of hydrogen-bond acceptors (Lipinski definition) is 5. The summed E-state index contributed by atoms with van der Waals surface area (Å²) in [5, 5.41) is 3.20. The zero-order chi connectivity index (χ0) is 18.4. The lowest BCUT2D eigenvalue weighted by atomic mass is 10.2. The van der Waals surface area contributed by atoms with Gasteiger partial charge in [0.25, 0.3) is 5.91 Å². The van der Waals surface area contributed by atoms with E-state index in [4.69, 9.17) is 9.15 Å². The fourth-order valence-electron chi connectivity index (χ4n) is 2.87. The van der Waals surface area contributed by atoms with Crippen LogP contribution in [0.4, 0.5) is 0 Å². The molecule has 1 aliphatic rings. The molecule has 0 unspecified atom stereocenters. The first-order chi connectivity index (χ1) is 12.7. The summed E-state index contributed by atoms with van der Waals surface area (Å²) >= 11 is 0. The first-order valence-corrected chi connectivity index (χ1v) is 8.94. The van der Waals surface area contributed by atoms with E-state index in [-0.39, 0.29) is 12.0 Å². The molecule has 1 fully saturated rings. The number of amides is 1. The van der Waals surface area contributed by atoms with E-state index < -0.39 is 0 Å². The van der Waals surface area contributed by atoms with Gasteiger partial charge in [-0.25, -0.2) is 0 Å². The van der Waals surface area contributed by atoms with Gasteiger partial charge in [-0.15, -0.1) is 0 Å². The molecule has 0 bridgehead atoms. The van der Waals surface area contributed by atoms with E-state index in [1.807, 2.05) is 19.3 Å². The van der Waals surface area contributed by atoms with Gasteiger partial charge in [0.2, 0.25) is 0 Å². The molecule has 0 radical (unpaired) electrons. The minimum atomic E-state index is -0.0884. The number of furan rings is 1. The minimum absolute atomic E-state index is 0.0285. The van der Waals surface area contributed by atoms with Crippen LogP contribution in [0.3, 0.4) is 0 Å². The topological polar surface area (TPSA) is 67.6 Å². The molecule has 26 heavy (non-hydrogen) atoms. The molecule has 3 heterocycles. The van der Waals surface area contributed by atoms with Gasteiger partial charge in [-0.1, -0.05) is 12.2 Å². The van der Waals surface area contributed by atoms with Gasteiger partial charge < -0.3 is 19.4 Å². The summed E-state index contributed by atoms with van der Waals surface area (Å²) in [6.07, 6.45) is 10.9. The van der Waals surface area contributed by atoms with Crippen LogP contribution in [-0.4, -0.2) is 48.1 Å². The molecule has 2 atom stereocenters. The summed E-state index contributed by atoms with van der Waals surface area (Å²) in [6.45, 7) is 3.36. The molecule has 0 saturated carbocycles. The number of carbonyl (C=O) groups excluding carboxylic acids is 1. The van der Waals surface area contributed by atoms with Crippen molar-refractivity contribution in [1.29, 1.82) is 0 Å². The van der Waals surface area contributed by atoms with Gasteiger partial charge in [-0.05, 0) is 44.2 Å². The number of likely N-dealkylation sites (tertiary alicyclic amines) is 1. The van der Waals surface area contributed by atoms with Gasteiger partial charge in [0.15, 0.2) is 5.76 Å². The van der Waals surface area contributed by atoms with E-state index in [1.165, 1.54) is 6.26 Å². The number of rotatable bonds is 7. The Kier molecular flexibility index (Phi) is 6.07. The van der Waals surface area contributed by atoms with Gasteiger partial charge in [0.1, 0.15) is 11.9 Å². The van der Waals surface area contributed by atoms with E-state index in [0.717, 1.165) is 24.2 Å². The van der Waals surface area contributed by atoms with Crippen LogP contribution in [0.15, 0.2) is 47.3 Å². The van der Waals surface area contributed by atoms with Gasteiger partial charge >= 0.3 is 0 Å². The molecule has 0 aliphatic carbocycles. The Bertz CT molecular complexity index is 743. The molecule has 3 rings (SSSR count). The van der Waals surface area contributed by atoms with Crippen LogP contribution in [0.2, 0.25) is 0 Å². The first kappa shape index (κ1) is 18.2. The second-order valence-corrected chi connectivity index (χ2v) is 6.54. The normalized spacial score (nSPS) is 18.4. The molecule has 1 saturated heterocycles. The average molecular weight is 355 g/mol. The van der Waals surface area contributed by atoms with E-state index in [9.17, 15) is 4.79 Å². The number of nitrogens with zero attached hydrogens (tertiary/aromatic N) is 2. The van der Waals surface area contributed by atoms with Crippen molar-refractivity contribution in [3.05, 3.63) is 54.3 Å². The van der Waals surface area contributed by atoms with Crippen LogP contribution < -0.4 is 10.1 Å². The van der Waals surface area contributed by atoms with Crippen LogP contribution in [0, 0.1) is 0 Å². The summed E-state index contributed by atoms with van der Waals surface area (Å²) in [6, 6.07) is 5.82. The van der Waals surface area contributed by atoms with E-state index >= 15 is 0 Å². The van der Waals surface area contributed by atoms with Crippen LogP contribution in [-0.2, 0) is 0 Å². The molecule has 0 spiro atoms. The molecule has 6 heteroatoms. The lowest BCUT2D eigenvalue weighted by Gasteiger charge is -2.16. The highest BCUT2D eigenvalue weighted by Crippen LogP contribution is 2.21. The third-order valence-corrected chi connectivity index (χ3v) is 4.49. The average Bonchev–Trinajstić information content (AvgIpc) is 3.33. The van der Waals surface area contributed by atoms with Gasteiger partial charge in [-0.2, -0.15) is 0 Å². The molecule has 0 aromatic carbocycles. The largest absolute Gasteiger partial charge is 0.487 e. The summed E-state index contributed by atoms with van der Waals surface area (Å²) < 4.78 is 11.2. The van der Waals surface area contributed by atoms with Gasteiger partial charge in [0, 0.05) is 25.2 Å². The lowest BCUT2D eigenvalue weighted by molar-refractivity contribution is 0.0741. The Morgan fingerprint density at radius 3 is 3.19 bits per heavy atom. The number of hydrogen-bond donors (Lipinski definition) is 1. The summed E-state index contributed by atoms with van der Waals surface area (Å²) in [5.74, 6) is 1.01. The maximum absolute atomic E-state index is 12.3.